The van der Waals surface area contributed by atoms with Crippen molar-refractivity contribution in [3.8, 4) is 0 Å². The van der Waals surface area contributed by atoms with E-state index < -0.39 is 0 Å². The van der Waals surface area contributed by atoms with Crippen molar-refractivity contribution < 1.29 is 9.59 Å². The second-order valence-corrected chi connectivity index (χ2v) is 8.41. The van der Waals surface area contributed by atoms with Crippen LogP contribution in [0.5, 0.6) is 0 Å². The van der Waals surface area contributed by atoms with Gasteiger partial charge in [0.05, 0.1) is 5.92 Å². The molecule has 0 unspecified atom stereocenters. The molecule has 1 aromatic carbocycles. The first-order valence-corrected chi connectivity index (χ1v) is 11.3. The highest BCUT2D eigenvalue weighted by Gasteiger charge is 2.28. The fourth-order valence-electron chi connectivity index (χ4n) is 3.48. The molecule has 7 nitrogen and oxygen atoms in total. The Balaban J connectivity index is 1.69. The third-order valence-corrected chi connectivity index (χ3v) is 5.56. The molecule has 2 rings (SSSR count). The van der Waals surface area contributed by atoms with Gasteiger partial charge in [0.2, 0.25) is 5.91 Å². The second-order valence-electron chi connectivity index (χ2n) is 8.01. The number of anilines is 1. The Hall–Kier alpha value is -2.35. The average Bonchev–Trinajstić information content (AvgIpc) is 2.77. The van der Waals surface area contributed by atoms with Crippen LogP contribution in [0.3, 0.4) is 0 Å². The molecular weight excluding hydrogens is 398 g/mol. The van der Waals surface area contributed by atoms with Gasteiger partial charge in [-0.15, -0.1) is 0 Å². The number of unbranched alkanes of at least 4 members (excludes halogenated alkanes) is 2. The average molecular weight is 434 g/mol. The molecule has 2 atom stereocenters. The molecule has 166 valence electrons. The zero-order valence-corrected chi connectivity index (χ0v) is 18.9. The van der Waals surface area contributed by atoms with Gasteiger partial charge in [-0.2, -0.15) is 0 Å². The third-order valence-electron chi connectivity index (χ3n) is 5.32. The van der Waals surface area contributed by atoms with Gasteiger partial charge in [-0.1, -0.05) is 51.3 Å². The Labute approximate surface area is 185 Å². The van der Waals surface area contributed by atoms with Crippen LogP contribution in [0.2, 0.25) is 0 Å². The van der Waals surface area contributed by atoms with E-state index in [0.717, 1.165) is 25.1 Å². The number of rotatable bonds is 8. The maximum Gasteiger partial charge on any atom is 0.321 e. The lowest BCUT2D eigenvalue weighted by Gasteiger charge is -2.32. The van der Waals surface area contributed by atoms with Crippen LogP contribution in [-0.4, -0.2) is 41.6 Å². The predicted molar refractivity (Wildman–Crippen MR) is 125 cm³/mol. The topological polar surface area (TPSA) is 85.5 Å². The highest BCUT2D eigenvalue weighted by molar-refractivity contribution is 7.80. The quantitative estimate of drug-likeness (QED) is 0.286. The Morgan fingerprint density at radius 1 is 1.20 bits per heavy atom. The van der Waals surface area contributed by atoms with Crippen molar-refractivity contribution in [2.24, 2.45) is 11.8 Å². The van der Waals surface area contributed by atoms with Gasteiger partial charge in [-0.25, -0.2) is 4.79 Å². The zero-order chi connectivity index (χ0) is 21.8. The van der Waals surface area contributed by atoms with Gasteiger partial charge >= 0.3 is 6.03 Å². The minimum absolute atomic E-state index is 0.146. The lowest BCUT2D eigenvalue weighted by molar-refractivity contribution is -0.126. The number of thiocarbonyl (C=S) groups is 1. The van der Waals surface area contributed by atoms with Gasteiger partial charge in [0.1, 0.15) is 0 Å². The van der Waals surface area contributed by atoms with E-state index in [1.807, 2.05) is 30.3 Å². The summed E-state index contributed by atoms with van der Waals surface area (Å²) >= 11 is 5.25. The molecule has 0 aromatic heterocycles. The number of para-hydroxylation sites is 1. The number of hydrogen-bond donors (Lipinski definition) is 4. The summed E-state index contributed by atoms with van der Waals surface area (Å²) in [5.41, 5.74) is 6.22. The SMILES string of the molecule is CCCCC[C@H](C)CNC(=S)NNC(=O)[C@H]1CCCN(C(=O)Nc2ccccc2)C1. The first kappa shape index (κ1) is 23.9. The molecule has 1 fully saturated rings. The van der Waals surface area contributed by atoms with Crippen LogP contribution in [0.1, 0.15) is 52.4 Å². The molecule has 1 saturated heterocycles. The molecule has 0 saturated carbocycles. The molecule has 4 N–H and O–H groups in total. The number of amides is 3. The second kappa shape index (κ2) is 13.1. The lowest BCUT2D eigenvalue weighted by Crippen LogP contribution is -2.52. The van der Waals surface area contributed by atoms with E-state index in [0.29, 0.717) is 24.1 Å². The van der Waals surface area contributed by atoms with E-state index in [1.54, 1.807) is 4.90 Å². The third kappa shape index (κ3) is 8.57. The number of piperidine rings is 1. The monoisotopic (exact) mass is 433 g/mol. The molecule has 1 heterocycles. The first-order valence-electron chi connectivity index (χ1n) is 10.9. The molecule has 1 aliphatic rings. The number of carbonyl (C=O) groups is 2. The number of benzene rings is 1. The molecule has 0 aliphatic carbocycles. The fraction of sp³-hybridized carbons (Fsp3) is 0.591. The van der Waals surface area contributed by atoms with Crippen LogP contribution in [-0.2, 0) is 4.79 Å². The van der Waals surface area contributed by atoms with Crippen molar-refractivity contribution in [3.05, 3.63) is 30.3 Å². The zero-order valence-electron chi connectivity index (χ0n) is 18.1. The fourth-order valence-corrected chi connectivity index (χ4v) is 3.61. The summed E-state index contributed by atoms with van der Waals surface area (Å²) in [4.78, 5) is 26.7. The summed E-state index contributed by atoms with van der Waals surface area (Å²) in [6.45, 7) is 6.21. The lowest BCUT2D eigenvalue weighted by atomic mass is 9.98. The Bertz CT molecular complexity index is 685. The van der Waals surface area contributed by atoms with Crippen LogP contribution in [0, 0.1) is 11.8 Å². The molecule has 1 aromatic rings. The molecular formula is C22H35N5O2S. The minimum Gasteiger partial charge on any atom is -0.361 e. The Kier molecular flexibility index (Phi) is 10.4. The minimum atomic E-state index is -0.261. The van der Waals surface area contributed by atoms with E-state index in [1.165, 1.54) is 25.7 Å². The molecule has 8 heteroatoms. The number of nitrogens with one attached hydrogen (secondary N) is 4. The van der Waals surface area contributed by atoms with E-state index >= 15 is 0 Å². The van der Waals surface area contributed by atoms with Crippen LogP contribution >= 0.6 is 12.2 Å². The molecule has 1 aliphatic heterocycles. The van der Waals surface area contributed by atoms with Gasteiger partial charge in [0.25, 0.3) is 0 Å². The Morgan fingerprint density at radius 2 is 1.97 bits per heavy atom. The summed E-state index contributed by atoms with van der Waals surface area (Å²) in [6.07, 6.45) is 6.41. The molecule has 0 radical (unpaired) electrons. The highest BCUT2D eigenvalue weighted by Crippen LogP contribution is 2.18. The number of nitrogens with zero attached hydrogens (tertiary/aromatic N) is 1. The number of hydrazine groups is 1. The first-order chi connectivity index (χ1) is 14.5. The number of carbonyl (C=O) groups excluding carboxylic acids is 2. The molecule has 3 amide bonds. The summed E-state index contributed by atoms with van der Waals surface area (Å²) in [6, 6.07) is 9.15. The van der Waals surface area contributed by atoms with Crippen molar-refractivity contribution in [2.75, 3.05) is 25.0 Å². The Morgan fingerprint density at radius 3 is 2.70 bits per heavy atom. The van der Waals surface area contributed by atoms with E-state index in [-0.39, 0.29) is 17.9 Å². The smallest absolute Gasteiger partial charge is 0.321 e. The predicted octanol–water partition coefficient (Wildman–Crippen LogP) is 3.64. The van der Waals surface area contributed by atoms with E-state index in [4.69, 9.17) is 12.2 Å². The summed E-state index contributed by atoms with van der Waals surface area (Å²) in [7, 11) is 0. The maximum atomic E-state index is 12.5. The van der Waals surface area contributed by atoms with Crippen LogP contribution in [0.25, 0.3) is 0 Å². The van der Waals surface area contributed by atoms with Crippen molar-refractivity contribution in [2.45, 2.75) is 52.4 Å². The van der Waals surface area contributed by atoms with Crippen LogP contribution in [0.15, 0.2) is 30.3 Å². The van der Waals surface area contributed by atoms with Crippen LogP contribution in [0.4, 0.5) is 10.5 Å². The summed E-state index contributed by atoms with van der Waals surface area (Å²) < 4.78 is 0. The highest BCUT2D eigenvalue weighted by atomic mass is 32.1. The molecule has 0 bridgehead atoms. The summed E-state index contributed by atoms with van der Waals surface area (Å²) in [5.74, 6) is 0.123. The number of urea groups is 1. The number of likely N-dealkylation sites (tertiary alicyclic amines) is 1. The van der Waals surface area contributed by atoms with Crippen molar-refractivity contribution in [3.63, 3.8) is 0 Å². The summed E-state index contributed by atoms with van der Waals surface area (Å²) in [5, 5.41) is 6.45. The molecule has 0 spiro atoms. The van der Waals surface area contributed by atoms with Gasteiger partial charge in [-0.3, -0.25) is 15.6 Å². The molecule has 30 heavy (non-hydrogen) atoms. The number of hydrogen-bond acceptors (Lipinski definition) is 3. The van der Waals surface area contributed by atoms with Gasteiger partial charge in [0.15, 0.2) is 5.11 Å². The van der Waals surface area contributed by atoms with Gasteiger partial charge < -0.3 is 15.5 Å². The van der Waals surface area contributed by atoms with Gasteiger partial charge in [0, 0.05) is 25.3 Å². The van der Waals surface area contributed by atoms with Crippen molar-refractivity contribution in [1.29, 1.82) is 0 Å². The van der Waals surface area contributed by atoms with E-state index in [2.05, 4.69) is 35.3 Å². The normalized spacial score (nSPS) is 17.0. The maximum absolute atomic E-state index is 12.5. The largest absolute Gasteiger partial charge is 0.361 e. The van der Waals surface area contributed by atoms with Crippen LogP contribution < -0.4 is 21.5 Å². The van der Waals surface area contributed by atoms with E-state index in [9.17, 15) is 9.59 Å². The van der Waals surface area contributed by atoms with Crippen molar-refractivity contribution >= 4 is 35.0 Å². The van der Waals surface area contributed by atoms with Crippen molar-refractivity contribution in [1.82, 2.24) is 21.1 Å². The standard InChI is InChI=1S/C22H35N5O2S/c1-3-4-6-10-17(2)15-23-21(30)26-25-20(28)18-11-9-14-27(16-18)22(29)24-19-12-7-5-8-13-19/h5,7-8,12-13,17-18H,3-4,6,9-11,14-16H2,1-2H3,(H,24,29)(H,25,28)(H2,23,26,30)/t17-,18-/m0/s1. The van der Waals surface area contributed by atoms with Gasteiger partial charge in [-0.05, 0) is 49.5 Å².